The van der Waals surface area contributed by atoms with Crippen LogP contribution in [0.3, 0.4) is 0 Å². The van der Waals surface area contributed by atoms with Crippen molar-refractivity contribution in [1.82, 2.24) is 15.1 Å². The molecule has 0 bridgehead atoms. The van der Waals surface area contributed by atoms with Crippen LogP contribution in [-0.2, 0) is 19.4 Å². The molecule has 2 amide bonds. The number of amides is 2. The molecule has 7 nitrogen and oxygen atoms in total. The van der Waals surface area contributed by atoms with Gasteiger partial charge >= 0.3 is 0 Å². The van der Waals surface area contributed by atoms with Crippen molar-refractivity contribution in [3.8, 4) is 0 Å². The van der Waals surface area contributed by atoms with E-state index >= 15 is 0 Å². The molecule has 1 aliphatic carbocycles. The van der Waals surface area contributed by atoms with E-state index in [-0.39, 0.29) is 29.4 Å². The fourth-order valence-electron chi connectivity index (χ4n) is 3.21. The predicted molar refractivity (Wildman–Crippen MR) is 80.9 cm³/mol. The first kappa shape index (κ1) is 15.7. The minimum absolute atomic E-state index is 0.00246. The summed E-state index contributed by atoms with van der Waals surface area (Å²) in [5.74, 6) is -0.244. The van der Waals surface area contributed by atoms with Gasteiger partial charge in [-0.25, -0.2) is 8.42 Å². The maximum atomic E-state index is 12.7. The Morgan fingerprint density at radius 2 is 1.77 bits per heavy atom. The average Bonchev–Trinajstić information content (AvgIpc) is 3.20. The number of nitrogens with zero attached hydrogens (tertiary/aromatic N) is 2. The molecule has 3 rings (SSSR count). The van der Waals surface area contributed by atoms with Crippen LogP contribution in [-0.4, -0.2) is 80.8 Å². The van der Waals surface area contributed by atoms with Crippen LogP contribution in [0.2, 0.25) is 0 Å². The molecule has 2 saturated heterocycles. The van der Waals surface area contributed by atoms with Crippen molar-refractivity contribution in [3.63, 3.8) is 0 Å². The topological polar surface area (TPSA) is 86.8 Å². The molecular formula is C14H23N3O4S. The first-order chi connectivity index (χ1) is 10.3. The molecule has 1 atom stereocenters. The van der Waals surface area contributed by atoms with E-state index in [4.69, 9.17) is 0 Å². The van der Waals surface area contributed by atoms with Crippen molar-refractivity contribution in [2.75, 3.05) is 44.7 Å². The SMILES string of the molecule is CN1CCN(C(=O)C2(C(=O)NC3CCS(=O)(=O)C3)CC2)CC1. The highest BCUT2D eigenvalue weighted by atomic mass is 32.2. The predicted octanol–water partition coefficient (Wildman–Crippen LogP) is -1.16. The number of hydrogen-bond acceptors (Lipinski definition) is 5. The monoisotopic (exact) mass is 329 g/mol. The first-order valence-electron chi connectivity index (χ1n) is 7.82. The van der Waals surface area contributed by atoms with Crippen LogP contribution in [0.15, 0.2) is 0 Å². The van der Waals surface area contributed by atoms with Crippen molar-refractivity contribution in [2.24, 2.45) is 5.41 Å². The minimum atomic E-state index is -3.03. The maximum Gasteiger partial charge on any atom is 0.238 e. The van der Waals surface area contributed by atoms with Crippen LogP contribution in [0.25, 0.3) is 0 Å². The van der Waals surface area contributed by atoms with Crippen LogP contribution < -0.4 is 5.32 Å². The van der Waals surface area contributed by atoms with E-state index in [0.717, 1.165) is 13.1 Å². The lowest BCUT2D eigenvalue weighted by atomic mass is 10.0. The maximum absolute atomic E-state index is 12.7. The molecule has 0 aromatic carbocycles. The Labute approximate surface area is 130 Å². The summed E-state index contributed by atoms with van der Waals surface area (Å²) in [6, 6.07) is -0.338. The molecule has 1 N–H and O–H groups in total. The van der Waals surface area contributed by atoms with Crippen molar-refractivity contribution in [2.45, 2.75) is 25.3 Å². The molecule has 0 aromatic rings. The Morgan fingerprint density at radius 1 is 1.14 bits per heavy atom. The van der Waals surface area contributed by atoms with Crippen LogP contribution in [0.1, 0.15) is 19.3 Å². The zero-order valence-corrected chi connectivity index (χ0v) is 13.7. The quantitative estimate of drug-likeness (QED) is 0.660. The lowest BCUT2D eigenvalue weighted by Gasteiger charge is -2.34. The van der Waals surface area contributed by atoms with Crippen molar-refractivity contribution in [3.05, 3.63) is 0 Å². The Kier molecular flexibility index (Phi) is 3.92. The molecule has 3 fully saturated rings. The van der Waals surface area contributed by atoms with Gasteiger partial charge in [0.05, 0.1) is 11.5 Å². The third-order valence-corrected chi connectivity index (χ3v) is 6.72. The second kappa shape index (κ2) is 5.49. The molecule has 0 spiro atoms. The van der Waals surface area contributed by atoms with Gasteiger partial charge < -0.3 is 15.1 Å². The average molecular weight is 329 g/mol. The van der Waals surface area contributed by atoms with Gasteiger partial charge in [0.1, 0.15) is 5.41 Å². The normalized spacial score (nSPS) is 30.0. The van der Waals surface area contributed by atoms with Crippen LogP contribution in [0.4, 0.5) is 0 Å². The summed E-state index contributed by atoms with van der Waals surface area (Å²) in [6.45, 7) is 2.96. The molecular weight excluding hydrogens is 306 g/mol. The number of carbonyl (C=O) groups is 2. The van der Waals surface area contributed by atoms with Gasteiger partial charge in [-0.1, -0.05) is 0 Å². The zero-order chi connectivity index (χ0) is 16.0. The lowest BCUT2D eigenvalue weighted by molar-refractivity contribution is -0.145. The van der Waals surface area contributed by atoms with Gasteiger partial charge in [-0.2, -0.15) is 0 Å². The summed E-state index contributed by atoms with van der Waals surface area (Å²) in [6.07, 6.45) is 1.60. The highest BCUT2D eigenvalue weighted by Crippen LogP contribution is 2.47. The summed E-state index contributed by atoms with van der Waals surface area (Å²) in [7, 11) is -1.01. The summed E-state index contributed by atoms with van der Waals surface area (Å²) in [5.41, 5.74) is -0.928. The van der Waals surface area contributed by atoms with Gasteiger partial charge in [0.2, 0.25) is 11.8 Å². The number of carbonyl (C=O) groups excluding carboxylic acids is 2. The highest BCUT2D eigenvalue weighted by molar-refractivity contribution is 7.91. The van der Waals surface area contributed by atoms with Crippen LogP contribution in [0.5, 0.6) is 0 Å². The number of hydrogen-bond donors (Lipinski definition) is 1. The number of nitrogens with one attached hydrogen (secondary N) is 1. The smallest absolute Gasteiger partial charge is 0.238 e. The fourth-order valence-corrected chi connectivity index (χ4v) is 4.88. The largest absolute Gasteiger partial charge is 0.351 e. The molecule has 8 heteroatoms. The summed E-state index contributed by atoms with van der Waals surface area (Å²) in [5, 5.41) is 2.79. The summed E-state index contributed by atoms with van der Waals surface area (Å²) in [4.78, 5) is 29.1. The molecule has 22 heavy (non-hydrogen) atoms. The Hall–Kier alpha value is -1.15. The van der Waals surface area contributed by atoms with E-state index in [1.54, 1.807) is 4.90 Å². The van der Waals surface area contributed by atoms with E-state index in [0.29, 0.717) is 32.4 Å². The lowest BCUT2D eigenvalue weighted by Crippen LogP contribution is -2.53. The second-order valence-electron chi connectivity index (χ2n) is 6.75. The molecule has 2 aliphatic heterocycles. The van der Waals surface area contributed by atoms with E-state index in [2.05, 4.69) is 10.2 Å². The number of piperazine rings is 1. The zero-order valence-electron chi connectivity index (χ0n) is 12.9. The molecule has 0 radical (unpaired) electrons. The third kappa shape index (κ3) is 2.99. The van der Waals surface area contributed by atoms with Crippen molar-refractivity contribution < 1.29 is 18.0 Å². The Balaban J connectivity index is 1.61. The molecule has 2 heterocycles. The van der Waals surface area contributed by atoms with E-state index in [9.17, 15) is 18.0 Å². The Morgan fingerprint density at radius 3 is 2.27 bits per heavy atom. The first-order valence-corrected chi connectivity index (χ1v) is 9.64. The van der Waals surface area contributed by atoms with Gasteiger partial charge in [-0.05, 0) is 26.3 Å². The third-order valence-electron chi connectivity index (χ3n) is 4.95. The van der Waals surface area contributed by atoms with Gasteiger partial charge in [-0.3, -0.25) is 9.59 Å². The fraction of sp³-hybridized carbons (Fsp3) is 0.857. The number of rotatable bonds is 3. The van der Waals surface area contributed by atoms with Gasteiger partial charge in [0.15, 0.2) is 9.84 Å². The number of likely N-dealkylation sites (N-methyl/N-ethyl adjacent to an activating group) is 1. The van der Waals surface area contributed by atoms with Crippen LogP contribution in [0, 0.1) is 5.41 Å². The van der Waals surface area contributed by atoms with Crippen LogP contribution >= 0.6 is 0 Å². The molecule has 1 saturated carbocycles. The van der Waals surface area contributed by atoms with Crippen molar-refractivity contribution in [1.29, 1.82) is 0 Å². The molecule has 124 valence electrons. The van der Waals surface area contributed by atoms with Gasteiger partial charge in [0.25, 0.3) is 0 Å². The minimum Gasteiger partial charge on any atom is -0.351 e. The molecule has 1 unspecified atom stereocenters. The van der Waals surface area contributed by atoms with E-state index < -0.39 is 15.3 Å². The summed E-state index contributed by atoms with van der Waals surface area (Å²) >= 11 is 0. The van der Waals surface area contributed by atoms with E-state index in [1.165, 1.54) is 0 Å². The van der Waals surface area contributed by atoms with Gasteiger partial charge in [0, 0.05) is 32.2 Å². The molecule has 3 aliphatic rings. The standard InChI is InChI=1S/C14H23N3O4S/c1-16-5-7-17(8-6-16)13(19)14(3-4-14)12(18)15-11-2-9-22(20,21)10-11/h11H,2-10H2,1H3,(H,15,18). The second-order valence-corrected chi connectivity index (χ2v) is 8.98. The highest BCUT2D eigenvalue weighted by Gasteiger charge is 2.58. The van der Waals surface area contributed by atoms with Gasteiger partial charge in [-0.15, -0.1) is 0 Å². The van der Waals surface area contributed by atoms with E-state index in [1.807, 2.05) is 7.05 Å². The number of sulfone groups is 1. The molecule has 0 aromatic heterocycles. The summed E-state index contributed by atoms with van der Waals surface area (Å²) < 4.78 is 22.9. The Bertz CT molecular complexity index is 577. The van der Waals surface area contributed by atoms with Crippen molar-refractivity contribution >= 4 is 21.7 Å².